The van der Waals surface area contributed by atoms with E-state index in [0.29, 0.717) is 0 Å². The van der Waals surface area contributed by atoms with Crippen LogP contribution in [0.4, 0.5) is 18.9 Å². The van der Waals surface area contributed by atoms with Crippen LogP contribution in [0, 0.1) is 0 Å². The number of amides is 1. The molecule has 1 N–H and O–H groups in total. The number of anilines is 1. The Bertz CT molecular complexity index is 783. The maximum Gasteiger partial charge on any atom is 0.573 e. The summed E-state index contributed by atoms with van der Waals surface area (Å²) < 4.78 is 41.1. The van der Waals surface area contributed by atoms with Crippen LogP contribution in [0.2, 0.25) is 0 Å². The van der Waals surface area contributed by atoms with Gasteiger partial charge in [0.15, 0.2) is 0 Å². The lowest BCUT2D eigenvalue weighted by atomic mass is 10.3. The molecule has 0 aliphatic carbocycles. The molecule has 0 bridgehead atoms. The lowest BCUT2D eigenvalue weighted by Crippen LogP contribution is -2.27. The topological polar surface area (TPSA) is 73.2 Å². The Morgan fingerprint density at radius 2 is 1.79 bits per heavy atom. The molecule has 24 heavy (non-hydrogen) atoms. The molecule has 0 aliphatic heterocycles. The Kier molecular flexibility index (Phi) is 4.91. The van der Waals surface area contributed by atoms with Crippen molar-refractivity contribution in [1.29, 1.82) is 0 Å². The highest BCUT2D eigenvalue weighted by molar-refractivity contribution is 6.02. The van der Waals surface area contributed by atoms with Crippen molar-refractivity contribution in [3.05, 3.63) is 52.4 Å². The van der Waals surface area contributed by atoms with Gasteiger partial charge in [-0.05, 0) is 44.2 Å². The lowest BCUT2D eigenvalue weighted by Gasteiger charge is -2.11. The highest BCUT2D eigenvalue weighted by Gasteiger charge is 2.30. The molecule has 0 fully saturated rings. The van der Waals surface area contributed by atoms with Gasteiger partial charge >= 0.3 is 6.36 Å². The second-order valence-corrected chi connectivity index (χ2v) is 5.12. The number of carbonyl (C=O) groups is 1. The van der Waals surface area contributed by atoms with Crippen molar-refractivity contribution in [2.45, 2.75) is 26.3 Å². The molecule has 0 spiro atoms. The summed E-state index contributed by atoms with van der Waals surface area (Å²) in [6, 6.07) is 6.95. The molecular formula is C15H14F3N3O3. The van der Waals surface area contributed by atoms with Crippen LogP contribution in [0.15, 0.2) is 41.2 Å². The molecule has 6 nitrogen and oxygen atoms in total. The number of ether oxygens (including phenoxy) is 1. The number of hydrogen-bond acceptors (Lipinski definition) is 4. The third kappa shape index (κ3) is 4.58. The predicted molar refractivity (Wildman–Crippen MR) is 80.0 cm³/mol. The van der Waals surface area contributed by atoms with Gasteiger partial charge in [0.1, 0.15) is 11.4 Å². The third-order valence-corrected chi connectivity index (χ3v) is 2.89. The van der Waals surface area contributed by atoms with Crippen molar-refractivity contribution in [2.75, 3.05) is 5.32 Å². The van der Waals surface area contributed by atoms with E-state index in [4.69, 9.17) is 0 Å². The maximum atomic E-state index is 12.1. The van der Waals surface area contributed by atoms with E-state index < -0.39 is 18.0 Å². The van der Waals surface area contributed by atoms with E-state index >= 15 is 0 Å². The molecule has 2 aromatic rings. The van der Waals surface area contributed by atoms with Crippen molar-refractivity contribution in [2.24, 2.45) is 0 Å². The number of carbonyl (C=O) groups excluding carboxylic acids is 1. The summed E-state index contributed by atoms with van der Waals surface area (Å²) in [5, 5.41) is 6.43. The van der Waals surface area contributed by atoms with Crippen LogP contribution in [0.1, 0.15) is 30.4 Å². The fraction of sp³-hybridized carbons (Fsp3) is 0.267. The Balaban J connectivity index is 2.12. The fourth-order valence-corrected chi connectivity index (χ4v) is 1.85. The minimum atomic E-state index is -4.78. The Morgan fingerprint density at radius 1 is 1.17 bits per heavy atom. The highest BCUT2D eigenvalue weighted by atomic mass is 19.4. The van der Waals surface area contributed by atoms with Gasteiger partial charge in [-0.15, -0.1) is 13.2 Å². The number of rotatable bonds is 4. The monoisotopic (exact) mass is 341 g/mol. The molecule has 0 saturated heterocycles. The summed E-state index contributed by atoms with van der Waals surface area (Å²) in [6.07, 6.45) is -4.78. The zero-order valence-corrected chi connectivity index (χ0v) is 12.8. The first-order chi connectivity index (χ1) is 11.2. The van der Waals surface area contributed by atoms with Gasteiger partial charge in [0.05, 0.1) is 6.04 Å². The molecule has 0 aliphatic rings. The molecule has 1 heterocycles. The van der Waals surface area contributed by atoms with Gasteiger partial charge in [-0.1, -0.05) is 0 Å². The van der Waals surface area contributed by atoms with Gasteiger partial charge in [-0.2, -0.15) is 5.10 Å². The first kappa shape index (κ1) is 17.5. The summed E-state index contributed by atoms with van der Waals surface area (Å²) >= 11 is 0. The van der Waals surface area contributed by atoms with E-state index in [0.717, 1.165) is 16.8 Å². The first-order valence-electron chi connectivity index (χ1n) is 6.93. The van der Waals surface area contributed by atoms with Gasteiger partial charge in [0.2, 0.25) is 0 Å². The van der Waals surface area contributed by atoms with E-state index in [1.54, 1.807) is 13.8 Å². The summed E-state index contributed by atoms with van der Waals surface area (Å²) in [4.78, 5) is 23.7. The van der Waals surface area contributed by atoms with Crippen LogP contribution in [0.25, 0.3) is 0 Å². The van der Waals surface area contributed by atoms with Gasteiger partial charge in [0.25, 0.3) is 11.5 Å². The SMILES string of the molecule is CC(C)n1nc(C(=O)Nc2ccc(OC(F)(F)F)cc2)ccc1=O. The number of nitrogens with zero attached hydrogens (tertiary/aromatic N) is 2. The summed E-state index contributed by atoms with van der Waals surface area (Å²) in [6.45, 7) is 3.49. The number of hydrogen-bond donors (Lipinski definition) is 1. The number of halogens is 3. The molecule has 128 valence electrons. The second kappa shape index (κ2) is 6.73. The van der Waals surface area contributed by atoms with E-state index in [9.17, 15) is 22.8 Å². The summed E-state index contributed by atoms with van der Waals surface area (Å²) in [5.74, 6) is -0.985. The predicted octanol–water partition coefficient (Wildman–Crippen LogP) is 2.98. The molecule has 0 saturated carbocycles. The molecule has 1 amide bonds. The maximum absolute atomic E-state index is 12.1. The van der Waals surface area contributed by atoms with Crippen LogP contribution in [-0.4, -0.2) is 22.1 Å². The standard InChI is InChI=1S/C15H14F3N3O3/c1-9(2)21-13(22)8-7-12(20-21)14(23)19-10-3-5-11(6-4-10)24-15(16,17)18/h3-9H,1-2H3,(H,19,23). The fourth-order valence-electron chi connectivity index (χ4n) is 1.85. The second-order valence-electron chi connectivity index (χ2n) is 5.12. The first-order valence-corrected chi connectivity index (χ1v) is 6.93. The zero-order chi connectivity index (χ0) is 17.9. The number of nitrogens with one attached hydrogen (secondary N) is 1. The van der Waals surface area contributed by atoms with Gasteiger partial charge in [-0.25, -0.2) is 4.68 Å². The highest BCUT2D eigenvalue weighted by Crippen LogP contribution is 2.24. The number of aromatic nitrogens is 2. The molecule has 0 atom stereocenters. The van der Waals surface area contributed by atoms with Crippen LogP contribution >= 0.6 is 0 Å². The van der Waals surface area contributed by atoms with E-state index in [1.807, 2.05) is 0 Å². The van der Waals surface area contributed by atoms with Crippen LogP contribution in [0.3, 0.4) is 0 Å². The quantitative estimate of drug-likeness (QED) is 0.928. The van der Waals surface area contributed by atoms with E-state index in [-0.39, 0.29) is 23.0 Å². The largest absolute Gasteiger partial charge is 0.573 e. The normalized spacial score (nSPS) is 11.4. The van der Waals surface area contributed by atoms with Crippen molar-refractivity contribution >= 4 is 11.6 Å². The van der Waals surface area contributed by atoms with Gasteiger partial charge in [-0.3, -0.25) is 9.59 Å². The lowest BCUT2D eigenvalue weighted by molar-refractivity contribution is -0.274. The van der Waals surface area contributed by atoms with Crippen molar-refractivity contribution in [1.82, 2.24) is 9.78 Å². The Hall–Kier alpha value is -2.84. The van der Waals surface area contributed by atoms with Crippen molar-refractivity contribution in [3.8, 4) is 5.75 Å². The molecule has 2 rings (SSSR count). The molecular weight excluding hydrogens is 327 g/mol. The van der Waals surface area contributed by atoms with Crippen molar-refractivity contribution < 1.29 is 22.7 Å². The zero-order valence-electron chi connectivity index (χ0n) is 12.8. The molecule has 9 heteroatoms. The summed E-state index contributed by atoms with van der Waals surface area (Å²) in [7, 11) is 0. The minimum Gasteiger partial charge on any atom is -0.406 e. The molecule has 1 aromatic heterocycles. The Labute approximate surface area is 134 Å². The Morgan fingerprint density at radius 3 is 2.33 bits per heavy atom. The minimum absolute atomic E-state index is 0.0129. The van der Waals surface area contributed by atoms with Gasteiger partial charge in [0, 0.05) is 11.8 Å². The van der Waals surface area contributed by atoms with E-state index in [1.165, 1.54) is 24.3 Å². The number of benzene rings is 1. The van der Waals surface area contributed by atoms with E-state index in [2.05, 4.69) is 15.2 Å². The van der Waals surface area contributed by atoms with Gasteiger partial charge < -0.3 is 10.1 Å². The van der Waals surface area contributed by atoms with Crippen LogP contribution < -0.4 is 15.6 Å². The van der Waals surface area contributed by atoms with Crippen LogP contribution in [-0.2, 0) is 0 Å². The molecule has 0 unspecified atom stereocenters. The average molecular weight is 341 g/mol. The smallest absolute Gasteiger partial charge is 0.406 e. The third-order valence-electron chi connectivity index (χ3n) is 2.89. The molecule has 0 radical (unpaired) electrons. The molecule has 1 aromatic carbocycles. The number of alkyl halides is 3. The van der Waals surface area contributed by atoms with Crippen molar-refractivity contribution in [3.63, 3.8) is 0 Å². The average Bonchev–Trinajstić information content (AvgIpc) is 2.48. The summed E-state index contributed by atoms with van der Waals surface area (Å²) in [5.41, 5.74) is -0.0623. The van der Waals surface area contributed by atoms with Crippen LogP contribution in [0.5, 0.6) is 5.75 Å².